The molecule has 0 aliphatic carbocycles. The lowest BCUT2D eigenvalue weighted by Gasteiger charge is -2.23. The average molecular weight is 545 g/mol. The van der Waals surface area contributed by atoms with E-state index < -0.39 is 23.8 Å². The summed E-state index contributed by atoms with van der Waals surface area (Å²) in [4.78, 5) is 32.1. The molecule has 0 saturated heterocycles. The van der Waals surface area contributed by atoms with Gasteiger partial charge in [0.05, 0.1) is 28.0 Å². The van der Waals surface area contributed by atoms with Crippen molar-refractivity contribution < 1.29 is 27.1 Å². The smallest absolute Gasteiger partial charge is 0.416 e. The van der Waals surface area contributed by atoms with Crippen molar-refractivity contribution >= 4 is 34.7 Å². The van der Waals surface area contributed by atoms with Gasteiger partial charge in [0.15, 0.2) is 4.80 Å². The highest BCUT2D eigenvalue weighted by Gasteiger charge is 2.34. The maximum atomic E-state index is 13.5. The minimum absolute atomic E-state index is 0.184. The van der Waals surface area contributed by atoms with Crippen molar-refractivity contribution in [3.05, 3.63) is 101 Å². The fraction of sp³-hybridized carbons (Fsp3) is 0.192. The molecule has 1 aliphatic rings. The van der Waals surface area contributed by atoms with Gasteiger partial charge >= 0.3 is 12.1 Å². The molecule has 0 saturated carbocycles. The zero-order chi connectivity index (χ0) is 26.3. The summed E-state index contributed by atoms with van der Waals surface area (Å²) in [5.74, 6) is 0.00176. The number of carbonyl (C=O) groups excluding carboxylic acids is 1. The monoisotopic (exact) mass is 544 g/mol. The molecule has 11 heteroatoms. The van der Waals surface area contributed by atoms with Crippen molar-refractivity contribution in [3.8, 4) is 11.3 Å². The molecule has 4 aromatic rings. The number of esters is 1. The number of thiazole rings is 1. The number of carbonyl (C=O) groups is 1. The topological polar surface area (TPSA) is 73.8 Å². The van der Waals surface area contributed by atoms with Gasteiger partial charge in [0.1, 0.15) is 17.6 Å². The average Bonchev–Trinajstić information content (AvgIpc) is 3.60. The van der Waals surface area contributed by atoms with E-state index in [0.717, 1.165) is 28.3 Å². The molecule has 6 nitrogen and oxygen atoms in total. The lowest BCUT2D eigenvalue weighted by molar-refractivity contribution is -0.139. The van der Waals surface area contributed by atoms with E-state index in [1.807, 2.05) is 17.5 Å². The summed E-state index contributed by atoms with van der Waals surface area (Å²) in [6.07, 6.45) is -2.95. The number of furan rings is 1. The van der Waals surface area contributed by atoms with E-state index in [4.69, 9.17) is 9.15 Å². The highest BCUT2D eigenvalue weighted by molar-refractivity contribution is 7.10. The van der Waals surface area contributed by atoms with Crippen LogP contribution >= 0.6 is 22.7 Å². The number of fused-ring (bicyclic) bond motifs is 1. The predicted octanol–water partition coefficient (Wildman–Crippen LogP) is 5.14. The molecule has 1 atom stereocenters. The van der Waals surface area contributed by atoms with Gasteiger partial charge in [-0.05, 0) is 49.6 Å². The third kappa shape index (κ3) is 4.72. The Kier molecular flexibility index (Phi) is 6.50. The first-order chi connectivity index (χ1) is 17.7. The van der Waals surface area contributed by atoms with Gasteiger partial charge in [-0.2, -0.15) is 13.2 Å². The molecule has 0 amide bonds. The molecule has 190 valence electrons. The van der Waals surface area contributed by atoms with E-state index in [1.165, 1.54) is 34.1 Å². The van der Waals surface area contributed by atoms with E-state index >= 15 is 0 Å². The number of nitrogens with zero attached hydrogens (tertiary/aromatic N) is 2. The second-order valence-corrected chi connectivity index (χ2v) is 10.1. The molecule has 0 bridgehead atoms. The van der Waals surface area contributed by atoms with E-state index in [2.05, 4.69) is 4.99 Å². The third-order valence-electron chi connectivity index (χ3n) is 5.70. The Bertz CT molecular complexity index is 1690. The van der Waals surface area contributed by atoms with E-state index in [0.29, 0.717) is 26.4 Å². The number of aromatic nitrogens is 1. The van der Waals surface area contributed by atoms with Gasteiger partial charge in [0.25, 0.3) is 5.56 Å². The summed E-state index contributed by atoms with van der Waals surface area (Å²) in [5, 5.41) is 1.86. The van der Waals surface area contributed by atoms with Crippen molar-refractivity contribution in [2.24, 2.45) is 4.99 Å². The number of benzene rings is 1. The molecular formula is C26H19F3N2O4S2. The number of thiophene rings is 1. The standard InChI is InChI=1S/C26H19F3N2O4S2/c1-3-34-24(33)21-14(2)30-25-31(22(21)19-8-5-11-36-19)23(32)20(37-25)13-17-9-10-18(35-17)15-6-4-7-16(12-15)26(27,28)29/h4-13,22H,3H2,1-2H3/t22-/m0/s1. The SMILES string of the molecule is CCOC(=O)C1=C(C)N=c2sc(=Cc3ccc(-c4cccc(C(F)(F)F)c4)o3)c(=O)n2[C@H]1c1cccs1. The van der Waals surface area contributed by atoms with Crippen LogP contribution in [0.5, 0.6) is 0 Å². The van der Waals surface area contributed by atoms with Crippen molar-refractivity contribution in [2.75, 3.05) is 6.61 Å². The molecule has 1 aliphatic heterocycles. The van der Waals surface area contributed by atoms with Crippen molar-refractivity contribution in [2.45, 2.75) is 26.1 Å². The molecule has 0 unspecified atom stereocenters. The van der Waals surface area contributed by atoms with Gasteiger partial charge in [-0.3, -0.25) is 9.36 Å². The largest absolute Gasteiger partial charge is 0.463 e. The lowest BCUT2D eigenvalue weighted by Crippen LogP contribution is -2.39. The van der Waals surface area contributed by atoms with E-state index in [1.54, 1.807) is 26.0 Å². The van der Waals surface area contributed by atoms with Crippen LogP contribution in [0.3, 0.4) is 0 Å². The second kappa shape index (κ2) is 9.64. The number of rotatable bonds is 5. The fourth-order valence-corrected chi connectivity index (χ4v) is 5.92. The van der Waals surface area contributed by atoms with Gasteiger partial charge in [0, 0.05) is 16.5 Å². The predicted molar refractivity (Wildman–Crippen MR) is 134 cm³/mol. The summed E-state index contributed by atoms with van der Waals surface area (Å²) in [7, 11) is 0. The van der Waals surface area contributed by atoms with Crippen molar-refractivity contribution in [3.63, 3.8) is 0 Å². The Labute approximate surface area is 216 Å². The van der Waals surface area contributed by atoms with Crippen LogP contribution in [0, 0.1) is 0 Å². The zero-order valence-electron chi connectivity index (χ0n) is 19.5. The van der Waals surface area contributed by atoms with Crippen LogP contribution in [0.25, 0.3) is 17.4 Å². The fourth-order valence-electron chi connectivity index (χ4n) is 4.07. The van der Waals surface area contributed by atoms with Crippen molar-refractivity contribution in [1.29, 1.82) is 0 Å². The highest BCUT2D eigenvalue weighted by Crippen LogP contribution is 2.34. The van der Waals surface area contributed by atoms with Crippen LogP contribution in [0.15, 0.2) is 79.4 Å². The molecule has 0 radical (unpaired) electrons. The molecule has 0 fully saturated rings. The second-order valence-electron chi connectivity index (χ2n) is 8.10. The first-order valence-electron chi connectivity index (χ1n) is 11.2. The minimum atomic E-state index is -4.47. The first kappa shape index (κ1) is 25.0. The number of halogens is 3. The van der Waals surface area contributed by atoms with E-state index in [-0.39, 0.29) is 23.5 Å². The molecule has 3 aromatic heterocycles. The number of alkyl halides is 3. The van der Waals surface area contributed by atoms with E-state index in [9.17, 15) is 22.8 Å². The van der Waals surface area contributed by atoms with Gasteiger partial charge < -0.3 is 9.15 Å². The number of allylic oxidation sites excluding steroid dienone is 1. The minimum Gasteiger partial charge on any atom is -0.463 e. The normalized spacial score (nSPS) is 16.0. The number of hydrogen-bond donors (Lipinski definition) is 0. The van der Waals surface area contributed by atoms with Gasteiger partial charge in [-0.25, -0.2) is 9.79 Å². The molecule has 1 aromatic carbocycles. The summed E-state index contributed by atoms with van der Waals surface area (Å²) >= 11 is 2.55. The Morgan fingerprint density at radius 3 is 2.73 bits per heavy atom. The first-order valence-corrected chi connectivity index (χ1v) is 12.9. The summed E-state index contributed by atoms with van der Waals surface area (Å²) < 4.78 is 52.1. The quantitative estimate of drug-likeness (QED) is 0.326. The highest BCUT2D eigenvalue weighted by atomic mass is 32.1. The van der Waals surface area contributed by atoms with Crippen LogP contribution in [-0.4, -0.2) is 17.1 Å². The lowest BCUT2D eigenvalue weighted by atomic mass is 10.0. The van der Waals surface area contributed by atoms with Crippen LogP contribution in [0.4, 0.5) is 13.2 Å². The zero-order valence-corrected chi connectivity index (χ0v) is 21.2. The van der Waals surface area contributed by atoms with Crippen LogP contribution in [0.2, 0.25) is 0 Å². The number of ether oxygens (including phenoxy) is 1. The number of hydrogen-bond acceptors (Lipinski definition) is 7. The Hall–Kier alpha value is -3.70. The molecule has 0 spiro atoms. The summed E-state index contributed by atoms with van der Waals surface area (Å²) in [5.41, 5.74) is -0.114. The van der Waals surface area contributed by atoms with Crippen molar-refractivity contribution in [1.82, 2.24) is 4.57 Å². The summed E-state index contributed by atoms with van der Waals surface area (Å²) in [6.45, 7) is 3.60. The Morgan fingerprint density at radius 2 is 2.03 bits per heavy atom. The van der Waals surface area contributed by atoms with Crippen LogP contribution < -0.4 is 14.9 Å². The molecule has 5 rings (SSSR count). The molecule has 4 heterocycles. The van der Waals surface area contributed by atoms with Gasteiger partial charge in [-0.15, -0.1) is 11.3 Å². The van der Waals surface area contributed by atoms with Gasteiger partial charge in [-0.1, -0.05) is 29.5 Å². The molecular weight excluding hydrogens is 525 g/mol. The molecule has 0 N–H and O–H groups in total. The molecule has 37 heavy (non-hydrogen) atoms. The maximum Gasteiger partial charge on any atom is 0.416 e. The Balaban J connectivity index is 1.58. The summed E-state index contributed by atoms with van der Waals surface area (Å²) in [6, 6.07) is 11.0. The van der Waals surface area contributed by atoms with Crippen LogP contribution in [0.1, 0.15) is 36.1 Å². The van der Waals surface area contributed by atoms with Gasteiger partial charge in [0.2, 0.25) is 0 Å². The third-order valence-corrected chi connectivity index (χ3v) is 7.61. The maximum absolute atomic E-state index is 13.5. The Morgan fingerprint density at radius 1 is 1.22 bits per heavy atom. The van der Waals surface area contributed by atoms with Crippen LogP contribution in [-0.2, 0) is 15.7 Å².